The van der Waals surface area contributed by atoms with Crippen LogP contribution in [0.5, 0.6) is 0 Å². The van der Waals surface area contributed by atoms with Gasteiger partial charge in [-0.3, -0.25) is 9.48 Å². The van der Waals surface area contributed by atoms with E-state index in [0.717, 1.165) is 17.8 Å². The lowest BCUT2D eigenvalue weighted by atomic mass is 10.1. The molecule has 0 fully saturated rings. The second-order valence-corrected chi connectivity index (χ2v) is 6.60. The molecule has 1 amide bonds. The number of aromatic nitrogens is 2. The van der Waals surface area contributed by atoms with E-state index in [2.05, 4.69) is 24.3 Å². The Bertz CT molecular complexity index is 536. The summed E-state index contributed by atoms with van der Waals surface area (Å²) in [5, 5.41) is 16.9. The van der Waals surface area contributed by atoms with Crippen LogP contribution >= 0.6 is 11.6 Å². The predicted octanol–water partition coefficient (Wildman–Crippen LogP) is 2.65. The van der Waals surface area contributed by atoms with Crippen LogP contribution in [0.4, 0.5) is 0 Å². The van der Waals surface area contributed by atoms with Crippen molar-refractivity contribution in [2.45, 2.75) is 47.2 Å². The van der Waals surface area contributed by atoms with Gasteiger partial charge in [0.2, 0.25) is 5.91 Å². The molecule has 2 N–H and O–H groups in total. The molecule has 0 aliphatic rings. The van der Waals surface area contributed by atoms with Crippen LogP contribution in [0.1, 0.15) is 39.0 Å². The van der Waals surface area contributed by atoms with E-state index in [1.54, 1.807) is 10.8 Å². The molecule has 0 saturated heterocycles. The highest BCUT2D eigenvalue weighted by Crippen LogP contribution is 2.22. The van der Waals surface area contributed by atoms with Gasteiger partial charge in [0.15, 0.2) is 0 Å². The molecule has 0 aromatic carbocycles. The van der Waals surface area contributed by atoms with E-state index < -0.39 is 0 Å². The third-order valence-corrected chi connectivity index (χ3v) is 3.78. The standard InChI is InChI=1S/C16H26ClN3O2/c1-10(2)8-20-16(17)13(12(5)19-20)6-7-15(22)18-14(9-21)11(3)4/h6-7,10-11,14,21H,8-9H2,1-5H3,(H,18,22)/t14-/m1/s1. The van der Waals surface area contributed by atoms with Gasteiger partial charge in [-0.1, -0.05) is 39.3 Å². The SMILES string of the molecule is Cc1nn(CC(C)C)c(Cl)c1C=CC(=O)N[C@H](CO)C(C)C. The Labute approximate surface area is 137 Å². The zero-order valence-corrected chi connectivity index (χ0v) is 14.7. The third kappa shape index (κ3) is 5.14. The fourth-order valence-corrected chi connectivity index (χ4v) is 2.34. The number of aryl methyl sites for hydroxylation is 1. The van der Waals surface area contributed by atoms with Gasteiger partial charge in [0, 0.05) is 18.2 Å². The van der Waals surface area contributed by atoms with E-state index in [-0.39, 0.29) is 24.5 Å². The Morgan fingerprint density at radius 3 is 2.55 bits per heavy atom. The van der Waals surface area contributed by atoms with Crippen molar-refractivity contribution in [2.24, 2.45) is 11.8 Å². The minimum absolute atomic E-state index is 0.0800. The highest BCUT2D eigenvalue weighted by molar-refractivity contribution is 6.31. The average Bonchev–Trinajstić information content (AvgIpc) is 2.67. The highest BCUT2D eigenvalue weighted by atomic mass is 35.5. The van der Waals surface area contributed by atoms with Gasteiger partial charge in [-0.2, -0.15) is 5.10 Å². The largest absolute Gasteiger partial charge is 0.394 e. The lowest BCUT2D eigenvalue weighted by Gasteiger charge is -2.18. The van der Waals surface area contributed by atoms with Crippen LogP contribution in [0, 0.1) is 18.8 Å². The Kier molecular flexibility index (Phi) is 7.10. The Morgan fingerprint density at radius 1 is 1.41 bits per heavy atom. The lowest BCUT2D eigenvalue weighted by molar-refractivity contribution is -0.117. The number of aliphatic hydroxyl groups excluding tert-OH is 1. The number of aliphatic hydroxyl groups is 1. The van der Waals surface area contributed by atoms with Gasteiger partial charge in [0.05, 0.1) is 18.3 Å². The van der Waals surface area contributed by atoms with E-state index in [1.165, 1.54) is 6.08 Å². The topological polar surface area (TPSA) is 67.2 Å². The molecule has 0 radical (unpaired) electrons. The molecular weight excluding hydrogens is 302 g/mol. The molecule has 1 aromatic heterocycles. The number of nitrogens with one attached hydrogen (secondary N) is 1. The first kappa shape index (κ1) is 18.7. The maximum atomic E-state index is 11.9. The highest BCUT2D eigenvalue weighted by Gasteiger charge is 2.15. The molecule has 0 aliphatic carbocycles. The van der Waals surface area contributed by atoms with E-state index in [9.17, 15) is 9.90 Å². The second-order valence-electron chi connectivity index (χ2n) is 6.24. The summed E-state index contributed by atoms with van der Waals surface area (Å²) in [5.41, 5.74) is 1.54. The van der Waals surface area contributed by atoms with Crippen molar-refractivity contribution in [3.63, 3.8) is 0 Å². The fourth-order valence-electron chi connectivity index (χ4n) is 2.04. The zero-order chi connectivity index (χ0) is 16.9. The van der Waals surface area contributed by atoms with Crippen LogP contribution in [-0.4, -0.2) is 33.4 Å². The Balaban J connectivity index is 2.81. The van der Waals surface area contributed by atoms with Crippen LogP contribution in [0.3, 0.4) is 0 Å². The van der Waals surface area contributed by atoms with Crippen LogP contribution < -0.4 is 5.32 Å². The maximum Gasteiger partial charge on any atom is 0.244 e. The van der Waals surface area contributed by atoms with Crippen LogP contribution in [0.15, 0.2) is 6.08 Å². The maximum absolute atomic E-state index is 11.9. The van der Waals surface area contributed by atoms with Gasteiger partial charge in [-0.15, -0.1) is 0 Å². The summed E-state index contributed by atoms with van der Waals surface area (Å²) < 4.78 is 1.75. The Morgan fingerprint density at radius 2 is 2.05 bits per heavy atom. The first-order chi connectivity index (χ1) is 10.3. The molecule has 0 spiro atoms. The van der Waals surface area contributed by atoms with Gasteiger partial charge in [0.25, 0.3) is 0 Å². The fraction of sp³-hybridized carbons (Fsp3) is 0.625. The molecule has 0 bridgehead atoms. The van der Waals surface area contributed by atoms with Crippen LogP contribution in [-0.2, 0) is 11.3 Å². The van der Waals surface area contributed by atoms with Crippen LogP contribution in [0.25, 0.3) is 6.08 Å². The first-order valence-electron chi connectivity index (χ1n) is 7.58. The van der Waals surface area contributed by atoms with Crippen molar-refractivity contribution < 1.29 is 9.90 Å². The first-order valence-corrected chi connectivity index (χ1v) is 7.96. The van der Waals surface area contributed by atoms with Gasteiger partial charge in [0.1, 0.15) is 5.15 Å². The number of hydrogen-bond acceptors (Lipinski definition) is 3. The van der Waals surface area contributed by atoms with Crippen molar-refractivity contribution in [3.8, 4) is 0 Å². The minimum Gasteiger partial charge on any atom is -0.394 e. The molecule has 1 atom stereocenters. The van der Waals surface area contributed by atoms with Gasteiger partial charge in [-0.25, -0.2) is 0 Å². The van der Waals surface area contributed by atoms with Gasteiger partial charge < -0.3 is 10.4 Å². The zero-order valence-electron chi connectivity index (χ0n) is 13.9. The monoisotopic (exact) mass is 327 g/mol. The van der Waals surface area contributed by atoms with Crippen molar-refractivity contribution in [1.82, 2.24) is 15.1 Å². The summed E-state index contributed by atoms with van der Waals surface area (Å²) in [7, 11) is 0. The van der Waals surface area contributed by atoms with E-state index in [4.69, 9.17) is 11.6 Å². The van der Waals surface area contributed by atoms with E-state index in [0.29, 0.717) is 11.1 Å². The number of rotatable bonds is 7. The normalized spacial score (nSPS) is 13.3. The molecule has 0 saturated carbocycles. The number of amides is 1. The summed E-state index contributed by atoms with van der Waals surface area (Å²) in [5.74, 6) is 0.356. The summed E-state index contributed by atoms with van der Waals surface area (Å²) >= 11 is 6.32. The molecule has 1 heterocycles. The van der Waals surface area contributed by atoms with Crippen molar-refractivity contribution in [2.75, 3.05) is 6.61 Å². The van der Waals surface area contributed by atoms with Gasteiger partial charge >= 0.3 is 0 Å². The number of carbonyl (C=O) groups excluding carboxylic acids is 1. The lowest BCUT2D eigenvalue weighted by Crippen LogP contribution is -2.40. The van der Waals surface area contributed by atoms with Crippen molar-refractivity contribution in [1.29, 1.82) is 0 Å². The molecule has 124 valence electrons. The molecule has 5 nitrogen and oxygen atoms in total. The van der Waals surface area contributed by atoms with E-state index >= 15 is 0 Å². The number of carbonyl (C=O) groups is 1. The number of hydrogen-bond donors (Lipinski definition) is 2. The number of nitrogens with zero attached hydrogens (tertiary/aromatic N) is 2. The summed E-state index contributed by atoms with van der Waals surface area (Å²) in [4.78, 5) is 11.9. The molecule has 22 heavy (non-hydrogen) atoms. The quantitative estimate of drug-likeness (QED) is 0.757. The molecule has 1 aromatic rings. The molecule has 0 unspecified atom stereocenters. The van der Waals surface area contributed by atoms with Crippen molar-refractivity contribution >= 4 is 23.6 Å². The van der Waals surface area contributed by atoms with Crippen molar-refractivity contribution in [3.05, 3.63) is 22.5 Å². The summed E-state index contributed by atoms with van der Waals surface area (Å²) in [6.45, 7) is 10.6. The summed E-state index contributed by atoms with van der Waals surface area (Å²) in [6, 6.07) is -0.252. The molecule has 1 rings (SSSR count). The Hall–Kier alpha value is -1.33. The smallest absolute Gasteiger partial charge is 0.244 e. The summed E-state index contributed by atoms with van der Waals surface area (Å²) in [6.07, 6.45) is 3.10. The second kappa shape index (κ2) is 8.34. The third-order valence-electron chi connectivity index (χ3n) is 3.38. The molecular formula is C16H26ClN3O2. The van der Waals surface area contributed by atoms with Gasteiger partial charge in [-0.05, 0) is 24.8 Å². The average molecular weight is 328 g/mol. The predicted molar refractivity (Wildman–Crippen MR) is 89.7 cm³/mol. The number of halogens is 1. The van der Waals surface area contributed by atoms with E-state index in [1.807, 2.05) is 20.8 Å². The van der Waals surface area contributed by atoms with Crippen LogP contribution in [0.2, 0.25) is 5.15 Å². The minimum atomic E-state index is -0.252. The molecule has 0 aliphatic heterocycles. The molecule has 6 heteroatoms.